The Balaban J connectivity index is 1.96. The quantitative estimate of drug-likeness (QED) is 0.874. The zero-order chi connectivity index (χ0) is 11.5. The molecule has 0 fully saturated rings. The van der Waals surface area contributed by atoms with Gasteiger partial charge in [0.05, 0.1) is 11.9 Å². The molecular weight excluding hydrogens is 224 g/mol. The number of thioether (sulfide) groups is 1. The van der Waals surface area contributed by atoms with E-state index >= 15 is 0 Å². The molecule has 16 heavy (non-hydrogen) atoms. The predicted molar refractivity (Wildman–Crippen MR) is 64.2 cm³/mol. The lowest BCUT2D eigenvalue weighted by Gasteiger charge is -2.10. The van der Waals surface area contributed by atoms with Gasteiger partial charge in [0.2, 0.25) is 0 Å². The molecule has 0 bridgehead atoms. The van der Waals surface area contributed by atoms with Gasteiger partial charge in [-0.3, -0.25) is 4.79 Å². The smallest absolute Gasteiger partial charge is 0.316 e. The SMILES string of the molecule is CC(SCC1COc2ccccc21)C(=O)O. The summed E-state index contributed by atoms with van der Waals surface area (Å²) in [6, 6.07) is 7.96. The van der Waals surface area contributed by atoms with Gasteiger partial charge in [0, 0.05) is 17.2 Å². The van der Waals surface area contributed by atoms with Gasteiger partial charge in [-0.15, -0.1) is 11.8 Å². The summed E-state index contributed by atoms with van der Waals surface area (Å²) in [6.07, 6.45) is 0. The number of aliphatic carboxylic acids is 1. The maximum absolute atomic E-state index is 10.7. The molecule has 86 valence electrons. The van der Waals surface area contributed by atoms with Gasteiger partial charge in [-0.2, -0.15) is 0 Å². The molecule has 2 atom stereocenters. The van der Waals surface area contributed by atoms with Crippen LogP contribution in [0.1, 0.15) is 18.4 Å². The molecule has 2 unspecified atom stereocenters. The predicted octanol–water partition coefficient (Wildman–Crippen LogP) is 2.37. The minimum atomic E-state index is -0.753. The summed E-state index contributed by atoms with van der Waals surface area (Å²) in [7, 11) is 0. The molecule has 1 N–H and O–H groups in total. The molecule has 0 aromatic heterocycles. The second-order valence-corrected chi connectivity index (χ2v) is 5.23. The second-order valence-electron chi connectivity index (χ2n) is 3.86. The fourth-order valence-corrected chi connectivity index (χ4v) is 2.64. The van der Waals surface area contributed by atoms with Gasteiger partial charge in [0.25, 0.3) is 0 Å². The minimum Gasteiger partial charge on any atom is -0.493 e. The van der Waals surface area contributed by atoms with E-state index in [1.165, 1.54) is 17.3 Å². The topological polar surface area (TPSA) is 46.5 Å². The second kappa shape index (κ2) is 4.78. The average molecular weight is 238 g/mol. The molecule has 1 aromatic rings. The molecule has 0 radical (unpaired) electrons. The molecule has 4 heteroatoms. The van der Waals surface area contributed by atoms with Crippen LogP contribution >= 0.6 is 11.8 Å². The zero-order valence-corrected chi connectivity index (χ0v) is 9.87. The van der Waals surface area contributed by atoms with Crippen LogP contribution in [0.25, 0.3) is 0 Å². The van der Waals surface area contributed by atoms with E-state index in [0.717, 1.165) is 11.5 Å². The van der Waals surface area contributed by atoms with Crippen molar-refractivity contribution in [1.82, 2.24) is 0 Å². The van der Waals surface area contributed by atoms with Gasteiger partial charge in [0.1, 0.15) is 5.75 Å². The highest BCUT2D eigenvalue weighted by atomic mass is 32.2. The number of carboxylic acids is 1. The Morgan fingerprint density at radius 2 is 2.38 bits per heavy atom. The number of hydrogen-bond acceptors (Lipinski definition) is 3. The molecule has 1 aromatic carbocycles. The lowest BCUT2D eigenvalue weighted by atomic mass is 10.0. The van der Waals surface area contributed by atoms with E-state index < -0.39 is 5.97 Å². The summed E-state index contributed by atoms with van der Waals surface area (Å²) < 4.78 is 5.54. The largest absolute Gasteiger partial charge is 0.493 e. The summed E-state index contributed by atoms with van der Waals surface area (Å²) >= 11 is 1.47. The van der Waals surface area contributed by atoms with Crippen molar-refractivity contribution in [3.63, 3.8) is 0 Å². The highest BCUT2D eigenvalue weighted by Crippen LogP contribution is 2.35. The van der Waals surface area contributed by atoms with Gasteiger partial charge in [0.15, 0.2) is 0 Å². The van der Waals surface area contributed by atoms with E-state index in [2.05, 4.69) is 6.07 Å². The highest BCUT2D eigenvalue weighted by Gasteiger charge is 2.25. The van der Waals surface area contributed by atoms with E-state index in [0.29, 0.717) is 12.5 Å². The maximum atomic E-state index is 10.7. The normalized spacial score (nSPS) is 19.9. The number of carboxylic acid groups (broad SMARTS) is 1. The Bertz CT molecular complexity index is 392. The number of hydrogen-bond donors (Lipinski definition) is 1. The third-order valence-corrected chi connectivity index (χ3v) is 3.99. The van der Waals surface area contributed by atoms with Gasteiger partial charge in [-0.25, -0.2) is 0 Å². The van der Waals surface area contributed by atoms with Crippen molar-refractivity contribution in [1.29, 1.82) is 0 Å². The third-order valence-electron chi connectivity index (χ3n) is 2.69. The van der Waals surface area contributed by atoms with E-state index in [1.54, 1.807) is 6.92 Å². The van der Waals surface area contributed by atoms with Gasteiger partial charge in [-0.1, -0.05) is 18.2 Å². The van der Waals surface area contributed by atoms with Crippen LogP contribution < -0.4 is 4.74 Å². The summed E-state index contributed by atoms with van der Waals surface area (Å²) in [6.45, 7) is 2.38. The molecule has 2 rings (SSSR count). The Hall–Kier alpha value is -1.16. The lowest BCUT2D eigenvalue weighted by Crippen LogP contribution is -2.14. The van der Waals surface area contributed by atoms with Crippen molar-refractivity contribution < 1.29 is 14.6 Å². The number of fused-ring (bicyclic) bond motifs is 1. The van der Waals surface area contributed by atoms with Gasteiger partial charge < -0.3 is 9.84 Å². The number of para-hydroxylation sites is 1. The molecule has 1 heterocycles. The summed E-state index contributed by atoms with van der Waals surface area (Å²) in [5.41, 5.74) is 1.20. The van der Waals surface area contributed by atoms with Crippen molar-refractivity contribution in [2.45, 2.75) is 18.1 Å². The fourth-order valence-electron chi connectivity index (χ4n) is 1.70. The van der Waals surface area contributed by atoms with E-state index in [1.807, 2.05) is 18.2 Å². The first kappa shape index (κ1) is 11.3. The Morgan fingerprint density at radius 1 is 1.62 bits per heavy atom. The van der Waals surface area contributed by atoms with Crippen LogP contribution in [0.3, 0.4) is 0 Å². The van der Waals surface area contributed by atoms with Crippen LogP contribution in [0.4, 0.5) is 0 Å². The first-order chi connectivity index (χ1) is 7.68. The number of ether oxygens (including phenoxy) is 1. The zero-order valence-electron chi connectivity index (χ0n) is 9.05. The Morgan fingerprint density at radius 3 is 3.12 bits per heavy atom. The molecule has 1 aliphatic rings. The van der Waals surface area contributed by atoms with Crippen LogP contribution in [-0.4, -0.2) is 28.7 Å². The molecular formula is C12H14O3S. The summed E-state index contributed by atoms with van der Waals surface area (Å²) in [4.78, 5) is 10.7. The molecule has 3 nitrogen and oxygen atoms in total. The van der Waals surface area contributed by atoms with E-state index in [-0.39, 0.29) is 5.25 Å². The van der Waals surface area contributed by atoms with Gasteiger partial charge >= 0.3 is 5.97 Å². The lowest BCUT2D eigenvalue weighted by molar-refractivity contribution is -0.136. The molecule has 0 saturated heterocycles. The third kappa shape index (κ3) is 2.32. The van der Waals surface area contributed by atoms with Crippen LogP contribution in [0.5, 0.6) is 5.75 Å². The fraction of sp³-hybridized carbons (Fsp3) is 0.417. The number of benzene rings is 1. The maximum Gasteiger partial charge on any atom is 0.316 e. The van der Waals surface area contributed by atoms with E-state index in [9.17, 15) is 4.79 Å². The monoisotopic (exact) mass is 238 g/mol. The Labute approximate surface area is 98.8 Å². The van der Waals surface area contributed by atoms with Crippen molar-refractivity contribution >= 4 is 17.7 Å². The minimum absolute atomic E-state index is 0.322. The van der Waals surface area contributed by atoms with Crippen molar-refractivity contribution in [3.05, 3.63) is 29.8 Å². The van der Waals surface area contributed by atoms with Crippen LogP contribution in [0.15, 0.2) is 24.3 Å². The summed E-state index contributed by atoms with van der Waals surface area (Å²) in [5.74, 6) is 1.31. The molecule has 0 spiro atoms. The van der Waals surface area contributed by atoms with E-state index in [4.69, 9.17) is 9.84 Å². The first-order valence-electron chi connectivity index (χ1n) is 5.24. The van der Waals surface area contributed by atoms with Crippen LogP contribution in [0.2, 0.25) is 0 Å². The number of carbonyl (C=O) groups is 1. The van der Waals surface area contributed by atoms with Gasteiger partial charge in [-0.05, 0) is 13.0 Å². The van der Waals surface area contributed by atoms with Crippen LogP contribution in [-0.2, 0) is 4.79 Å². The number of rotatable bonds is 4. The molecule has 0 saturated carbocycles. The highest BCUT2D eigenvalue weighted by molar-refractivity contribution is 8.00. The van der Waals surface area contributed by atoms with Crippen molar-refractivity contribution in [2.24, 2.45) is 0 Å². The van der Waals surface area contributed by atoms with Crippen molar-refractivity contribution in [2.75, 3.05) is 12.4 Å². The summed E-state index contributed by atoms with van der Waals surface area (Å²) in [5, 5.41) is 8.45. The van der Waals surface area contributed by atoms with Crippen molar-refractivity contribution in [3.8, 4) is 5.75 Å². The Kier molecular flexibility index (Phi) is 3.39. The average Bonchev–Trinajstić information content (AvgIpc) is 2.69. The molecule has 1 aliphatic heterocycles. The molecule has 0 aliphatic carbocycles. The van der Waals surface area contributed by atoms with Crippen LogP contribution in [0, 0.1) is 0 Å². The molecule has 0 amide bonds. The first-order valence-corrected chi connectivity index (χ1v) is 6.29. The standard InChI is InChI=1S/C12H14O3S/c1-8(12(13)14)16-7-9-6-15-11-5-3-2-4-10(9)11/h2-5,8-9H,6-7H2,1H3,(H,13,14).